The van der Waals surface area contributed by atoms with Crippen molar-refractivity contribution in [2.45, 2.75) is 29.8 Å². The van der Waals surface area contributed by atoms with Gasteiger partial charge in [0.05, 0.1) is 29.1 Å². The molecule has 1 aromatic heterocycles. The van der Waals surface area contributed by atoms with Crippen LogP contribution in [0.1, 0.15) is 24.0 Å². The molecule has 0 aliphatic rings. The number of benzene rings is 3. The SMILES string of the molecule is CC(=O)Nc1ccc(S(=O)(=O)N(CC(=O)N/N=C\c2ccc(CNS(=O)(=O)c3ccc(Cl)cc3)o2)Cc2ccccc2)cc1. The van der Waals surface area contributed by atoms with Gasteiger partial charge < -0.3 is 9.73 Å². The summed E-state index contributed by atoms with van der Waals surface area (Å²) in [4.78, 5) is 24.1. The van der Waals surface area contributed by atoms with E-state index in [1.54, 1.807) is 36.4 Å². The van der Waals surface area contributed by atoms with E-state index in [2.05, 4.69) is 20.6 Å². The topological polar surface area (TPSA) is 167 Å². The smallest absolute Gasteiger partial charge is 0.255 e. The molecule has 4 rings (SSSR count). The van der Waals surface area contributed by atoms with Crippen molar-refractivity contribution in [2.24, 2.45) is 5.10 Å². The summed E-state index contributed by atoms with van der Waals surface area (Å²) < 4.78 is 60.9. The Kier molecular flexibility index (Phi) is 10.7. The molecule has 0 atom stereocenters. The van der Waals surface area contributed by atoms with Gasteiger partial charge in [-0.3, -0.25) is 9.59 Å². The number of furan rings is 1. The summed E-state index contributed by atoms with van der Waals surface area (Å²) in [5.41, 5.74) is 3.38. The number of anilines is 1. The van der Waals surface area contributed by atoms with Gasteiger partial charge in [-0.2, -0.15) is 9.41 Å². The third-order valence-corrected chi connectivity index (χ3v) is 9.43. The summed E-state index contributed by atoms with van der Waals surface area (Å²) in [5.74, 6) is -0.495. The molecule has 3 N–H and O–H groups in total. The zero-order valence-electron chi connectivity index (χ0n) is 23.3. The highest BCUT2D eigenvalue weighted by molar-refractivity contribution is 7.89. The number of hydrogen-bond donors (Lipinski definition) is 3. The van der Waals surface area contributed by atoms with E-state index >= 15 is 0 Å². The molecule has 4 aromatic rings. The number of carbonyl (C=O) groups is 2. The molecule has 2 amide bonds. The lowest BCUT2D eigenvalue weighted by Gasteiger charge is -2.21. The second kappa shape index (κ2) is 14.4. The second-order valence-corrected chi connectivity index (χ2v) is 13.5. The molecule has 230 valence electrons. The van der Waals surface area contributed by atoms with Gasteiger partial charge in [-0.25, -0.2) is 27.0 Å². The summed E-state index contributed by atoms with van der Waals surface area (Å²) in [7, 11) is -7.92. The van der Waals surface area contributed by atoms with Gasteiger partial charge in [-0.05, 0) is 66.2 Å². The number of hydrazone groups is 1. The van der Waals surface area contributed by atoms with Gasteiger partial charge in [0, 0.05) is 24.2 Å². The van der Waals surface area contributed by atoms with Crippen LogP contribution in [0.25, 0.3) is 0 Å². The molecule has 0 bridgehead atoms. The molecule has 0 saturated heterocycles. The van der Waals surface area contributed by atoms with Crippen molar-refractivity contribution in [3.8, 4) is 0 Å². The number of amides is 2. The summed E-state index contributed by atoms with van der Waals surface area (Å²) in [5, 5.41) is 6.83. The first-order valence-corrected chi connectivity index (χ1v) is 16.3. The number of halogens is 1. The fraction of sp³-hybridized carbons (Fsp3) is 0.138. The van der Waals surface area contributed by atoms with Crippen LogP contribution in [0.2, 0.25) is 5.02 Å². The molecule has 44 heavy (non-hydrogen) atoms. The lowest BCUT2D eigenvalue weighted by Crippen LogP contribution is -2.39. The number of rotatable bonds is 13. The molecule has 15 heteroatoms. The molecule has 0 spiro atoms. The first-order valence-electron chi connectivity index (χ1n) is 13.0. The van der Waals surface area contributed by atoms with E-state index in [-0.39, 0.29) is 34.5 Å². The molecule has 0 saturated carbocycles. The average molecular weight is 658 g/mol. The highest BCUT2D eigenvalue weighted by atomic mass is 35.5. The average Bonchev–Trinajstić information content (AvgIpc) is 3.44. The van der Waals surface area contributed by atoms with E-state index in [0.717, 1.165) is 4.31 Å². The van der Waals surface area contributed by atoms with Crippen molar-refractivity contribution in [2.75, 3.05) is 11.9 Å². The Morgan fingerprint density at radius 1 is 0.886 bits per heavy atom. The van der Waals surface area contributed by atoms with Gasteiger partial charge in [0.1, 0.15) is 11.5 Å². The number of hydrogen-bond acceptors (Lipinski definition) is 8. The Hall–Kier alpha value is -4.34. The molecule has 1 heterocycles. The predicted molar refractivity (Wildman–Crippen MR) is 165 cm³/mol. The highest BCUT2D eigenvalue weighted by Crippen LogP contribution is 2.21. The third kappa shape index (κ3) is 9.08. The maximum Gasteiger partial charge on any atom is 0.255 e. The fourth-order valence-electron chi connectivity index (χ4n) is 3.86. The molecule has 0 aliphatic carbocycles. The van der Waals surface area contributed by atoms with Gasteiger partial charge in [0.15, 0.2) is 0 Å². The monoisotopic (exact) mass is 657 g/mol. The Labute approximate surface area is 259 Å². The van der Waals surface area contributed by atoms with Crippen LogP contribution in [-0.2, 0) is 42.7 Å². The van der Waals surface area contributed by atoms with E-state index in [0.29, 0.717) is 22.0 Å². The van der Waals surface area contributed by atoms with Crippen molar-refractivity contribution in [3.05, 3.63) is 113 Å². The van der Waals surface area contributed by atoms with Crippen molar-refractivity contribution in [3.63, 3.8) is 0 Å². The van der Waals surface area contributed by atoms with Gasteiger partial charge in [-0.1, -0.05) is 41.9 Å². The van der Waals surface area contributed by atoms with Gasteiger partial charge >= 0.3 is 0 Å². The zero-order chi connectivity index (χ0) is 31.7. The lowest BCUT2D eigenvalue weighted by atomic mass is 10.2. The van der Waals surface area contributed by atoms with E-state index < -0.39 is 32.5 Å². The van der Waals surface area contributed by atoms with Crippen molar-refractivity contribution >= 4 is 55.4 Å². The van der Waals surface area contributed by atoms with Gasteiger partial charge in [0.2, 0.25) is 26.0 Å². The van der Waals surface area contributed by atoms with E-state index in [1.165, 1.54) is 67.7 Å². The van der Waals surface area contributed by atoms with Crippen LogP contribution < -0.4 is 15.5 Å². The number of carbonyl (C=O) groups excluding carboxylic acids is 2. The molecular formula is C29H28ClN5O7S2. The summed E-state index contributed by atoms with van der Waals surface area (Å²) >= 11 is 5.81. The second-order valence-electron chi connectivity index (χ2n) is 9.34. The minimum atomic E-state index is -4.13. The van der Waals surface area contributed by atoms with E-state index in [4.69, 9.17) is 16.0 Å². The largest absolute Gasteiger partial charge is 0.459 e. The van der Waals surface area contributed by atoms with Crippen LogP contribution in [0.3, 0.4) is 0 Å². The summed E-state index contributed by atoms with van der Waals surface area (Å²) in [6.07, 6.45) is 1.20. The lowest BCUT2D eigenvalue weighted by molar-refractivity contribution is -0.121. The first kappa shape index (κ1) is 32.6. The predicted octanol–water partition coefficient (Wildman–Crippen LogP) is 3.71. The van der Waals surface area contributed by atoms with E-state index in [1.807, 2.05) is 0 Å². The van der Waals surface area contributed by atoms with Crippen LogP contribution >= 0.6 is 11.6 Å². The number of nitrogens with zero attached hydrogens (tertiary/aromatic N) is 2. The third-order valence-electron chi connectivity index (χ3n) is 5.96. The van der Waals surface area contributed by atoms with Crippen molar-refractivity contribution in [1.82, 2.24) is 14.5 Å². The molecule has 0 radical (unpaired) electrons. The Morgan fingerprint density at radius 2 is 1.55 bits per heavy atom. The minimum Gasteiger partial charge on any atom is -0.459 e. The Balaban J connectivity index is 1.39. The van der Waals surface area contributed by atoms with Gasteiger partial charge in [0.25, 0.3) is 5.91 Å². The quantitative estimate of drug-likeness (QED) is 0.146. The maximum absolute atomic E-state index is 13.5. The first-order chi connectivity index (χ1) is 20.9. The van der Waals surface area contributed by atoms with E-state index in [9.17, 15) is 26.4 Å². The van der Waals surface area contributed by atoms with Crippen LogP contribution in [0.4, 0.5) is 5.69 Å². The molecule has 0 unspecified atom stereocenters. The molecular weight excluding hydrogens is 630 g/mol. The normalized spacial score (nSPS) is 12.0. The minimum absolute atomic E-state index is 0.0447. The number of sulfonamides is 2. The van der Waals surface area contributed by atoms with Crippen LogP contribution in [-0.4, -0.2) is 45.7 Å². The Bertz CT molecular complexity index is 1840. The number of nitrogens with one attached hydrogen (secondary N) is 3. The summed E-state index contributed by atoms with van der Waals surface area (Å²) in [6, 6.07) is 23.1. The molecule has 0 aliphatic heterocycles. The molecule has 3 aromatic carbocycles. The molecule has 0 fully saturated rings. The fourth-order valence-corrected chi connectivity index (χ4v) is 6.36. The van der Waals surface area contributed by atoms with Gasteiger partial charge in [-0.15, -0.1) is 0 Å². The maximum atomic E-state index is 13.5. The zero-order valence-corrected chi connectivity index (χ0v) is 25.7. The van der Waals surface area contributed by atoms with Crippen molar-refractivity contribution in [1.29, 1.82) is 0 Å². The standard InChI is InChI=1S/C29H28ClN5O7S2/c1-21(36)33-24-9-15-28(16-10-24)44(40,41)35(19-22-5-3-2-4-6-22)20-29(37)34-31-17-25-11-12-26(42-25)18-32-43(38,39)27-13-7-23(30)8-14-27/h2-17,32H,18-20H2,1H3,(H,33,36)(H,34,37)/b31-17-. The summed E-state index contributed by atoms with van der Waals surface area (Å²) in [6.45, 7) is 0.578. The van der Waals surface area contributed by atoms with Crippen molar-refractivity contribution < 1.29 is 30.8 Å². The molecule has 12 nitrogen and oxygen atoms in total. The van der Waals surface area contributed by atoms with Crippen LogP contribution in [0.5, 0.6) is 0 Å². The van der Waals surface area contributed by atoms with Crippen LogP contribution in [0.15, 0.2) is 110 Å². The van der Waals surface area contributed by atoms with Crippen LogP contribution in [0, 0.1) is 0 Å². The Morgan fingerprint density at radius 3 is 2.20 bits per heavy atom. The highest BCUT2D eigenvalue weighted by Gasteiger charge is 2.27.